The van der Waals surface area contributed by atoms with Crippen LogP contribution in [0, 0.1) is 5.92 Å². The second-order valence-corrected chi connectivity index (χ2v) is 4.63. The summed E-state index contributed by atoms with van der Waals surface area (Å²) in [6.45, 7) is 4.38. The van der Waals surface area contributed by atoms with Gasteiger partial charge in [0.25, 0.3) is 0 Å². The molecule has 12 heavy (non-hydrogen) atoms. The van der Waals surface area contributed by atoms with Crippen molar-refractivity contribution in [1.82, 2.24) is 0 Å². The monoisotopic (exact) mass is 166 g/mol. The molecule has 1 heteroatoms. The normalized spacial score (nSPS) is 41.8. The summed E-state index contributed by atoms with van der Waals surface area (Å²) < 4.78 is 0. The zero-order valence-corrected chi connectivity index (χ0v) is 8.06. The first-order valence-electron chi connectivity index (χ1n) is 4.99. The van der Waals surface area contributed by atoms with E-state index in [-0.39, 0.29) is 5.60 Å². The van der Waals surface area contributed by atoms with Gasteiger partial charge in [0.15, 0.2) is 0 Å². The van der Waals surface area contributed by atoms with Gasteiger partial charge < -0.3 is 5.11 Å². The maximum atomic E-state index is 10.3. The van der Waals surface area contributed by atoms with Gasteiger partial charge in [0.1, 0.15) is 0 Å². The van der Waals surface area contributed by atoms with Gasteiger partial charge in [0.2, 0.25) is 0 Å². The molecule has 0 aromatic rings. The lowest BCUT2D eigenvalue weighted by Crippen LogP contribution is -2.36. The first-order valence-corrected chi connectivity index (χ1v) is 4.99. The molecule has 2 atom stereocenters. The van der Waals surface area contributed by atoms with E-state index in [1.54, 1.807) is 0 Å². The minimum absolute atomic E-state index is 0.316. The Morgan fingerprint density at radius 3 is 2.83 bits per heavy atom. The fraction of sp³-hybridized carbons (Fsp3) is 0.818. The Hall–Kier alpha value is -0.300. The van der Waals surface area contributed by atoms with Crippen LogP contribution < -0.4 is 0 Å². The van der Waals surface area contributed by atoms with Crippen molar-refractivity contribution in [2.24, 2.45) is 5.92 Å². The summed E-state index contributed by atoms with van der Waals surface area (Å²) >= 11 is 0. The first kappa shape index (κ1) is 8.31. The van der Waals surface area contributed by atoms with Gasteiger partial charge in [0.05, 0.1) is 5.60 Å². The van der Waals surface area contributed by atoms with Gasteiger partial charge in [0, 0.05) is 0 Å². The number of hydrogen-bond acceptors (Lipinski definition) is 1. The van der Waals surface area contributed by atoms with Gasteiger partial charge in [-0.3, -0.25) is 0 Å². The molecule has 2 aliphatic carbocycles. The molecule has 0 aliphatic heterocycles. The van der Waals surface area contributed by atoms with Crippen LogP contribution in [0.5, 0.6) is 0 Å². The molecule has 1 nitrogen and oxygen atoms in total. The number of hydrogen-bond donors (Lipinski definition) is 1. The maximum absolute atomic E-state index is 10.3. The molecule has 1 fully saturated rings. The standard InChI is InChI=1S/C11H18O/c1-8-6-10-4-3-5-11(10,12)7-9(8)2/h10,12H,3-7H2,1-2H3/t10-,11-/m0/s1. The lowest BCUT2D eigenvalue weighted by molar-refractivity contribution is -0.00313. The topological polar surface area (TPSA) is 20.2 Å². The predicted octanol–water partition coefficient (Wildman–Crippen LogP) is 2.65. The Bertz CT molecular complexity index is 229. The van der Waals surface area contributed by atoms with E-state index in [0.717, 1.165) is 19.3 Å². The fourth-order valence-corrected chi connectivity index (χ4v) is 2.81. The molecule has 1 saturated carbocycles. The lowest BCUT2D eigenvalue weighted by Gasteiger charge is -2.36. The van der Waals surface area contributed by atoms with Crippen LogP contribution in [-0.4, -0.2) is 10.7 Å². The Morgan fingerprint density at radius 1 is 1.33 bits per heavy atom. The van der Waals surface area contributed by atoms with Crippen molar-refractivity contribution < 1.29 is 5.11 Å². The van der Waals surface area contributed by atoms with E-state index < -0.39 is 0 Å². The Balaban J connectivity index is 2.25. The molecule has 0 aromatic heterocycles. The van der Waals surface area contributed by atoms with Crippen LogP contribution in [0.1, 0.15) is 46.0 Å². The van der Waals surface area contributed by atoms with E-state index in [9.17, 15) is 5.11 Å². The van der Waals surface area contributed by atoms with Gasteiger partial charge in [-0.05, 0) is 45.4 Å². The molecule has 68 valence electrons. The molecule has 0 saturated heterocycles. The van der Waals surface area contributed by atoms with Gasteiger partial charge in [-0.25, -0.2) is 0 Å². The summed E-state index contributed by atoms with van der Waals surface area (Å²) in [5.74, 6) is 0.571. The van der Waals surface area contributed by atoms with Crippen LogP contribution in [0.25, 0.3) is 0 Å². The summed E-state index contributed by atoms with van der Waals surface area (Å²) in [7, 11) is 0. The van der Waals surface area contributed by atoms with Crippen molar-refractivity contribution in [3.05, 3.63) is 11.1 Å². The van der Waals surface area contributed by atoms with Crippen molar-refractivity contribution in [3.63, 3.8) is 0 Å². The fourth-order valence-electron chi connectivity index (χ4n) is 2.81. The first-order chi connectivity index (χ1) is 5.62. The molecule has 0 unspecified atom stereocenters. The van der Waals surface area contributed by atoms with Gasteiger partial charge in [-0.1, -0.05) is 17.6 Å². The molecule has 0 heterocycles. The molecule has 0 amide bonds. The summed E-state index contributed by atoms with van der Waals surface area (Å²) in [4.78, 5) is 0. The molecule has 2 aliphatic rings. The van der Waals surface area contributed by atoms with Crippen LogP contribution in [0.4, 0.5) is 0 Å². The smallest absolute Gasteiger partial charge is 0.0715 e. The van der Waals surface area contributed by atoms with Crippen LogP contribution in [0.15, 0.2) is 11.1 Å². The Morgan fingerprint density at radius 2 is 2.08 bits per heavy atom. The maximum Gasteiger partial charge on any atom is 0.0715 e. The number of rotatable bonds is 0. The summed E-state index contributed by atoms with van der Waals surface area (Å²) in [6.07, 6.45) is 5.57. The van der Waals surface area contributed by atoms with E-state index in [0.29, 0.717) is 5.92 Å². The van der Waals surface area contributed by atoms with Crippen LogP contribution in [0.3, 0.4) is 0 Å². The average molecular weight is 166 g/mol. The van der Waals surface area contributed by atoms with E-state index >= 15 is 0 Å². The number of allylic oxidation sites excluding steroid dienone is 1. The highest BCUT2D eigenvalue weighted by atomic mass is 16.3. The molecule has 0 radical (unpaired) electrons. The van der Waals surface area contributed by atoms with Crippen LogP contribution in [0.2, 0.25) is 0 Å². The zero-order valence-electron chi connectivity index (χ0n) is 8.06. The Labute approximate surface area is 74.5 Å². The van der Waals surface area contributed by atoms with Gasteiger partial charge >= 0.3 is 0 Å². The highest BCUT2D eigenvalue weighted by Crippen LogP contribution is 2.47. The summed E-state index contributed by atoms with van der Waals surface area (Å²) in [5, 5.41) is 10.3. The van der Waals surface area contributed by atoms with Crippen molar-refractivity contribution in [1.29, 1.82) is 0 Å². The SMILES string of the molecule is CC1=C(C)C[C@@]2(O)CCC[C@H]2C1. The molecule has 0 aromatic carbocycles. The van der Waals surface area contributed by atoms with Crippen molar-refractivity contribution in [2.75, 3.05) is 0 Å². The molecule has 0 bridgehead atoms. The predicted molar refractivity (Wildman–Crippen MR) is 49.9 cm³/mol. The Kier molecular flexibility index (Phi) is 1.80. The number of fused-ring (bicyclic) bond motifs is 1. The van der Waals surface area contributed by atoms with E-state index in [2.05, 4.69) is 13.8 Å². The van der Waals surface area contributed by atoms with E-state index in [4.69, 9.17) is 0 Å². The van der Waals surface area contributed by atoms with Crippen LogP contribution >= 0.6 is 0 Å². The van der Waals surface area contributed by atoms with Crippen molar-refractivity contribution in [3.8, 4) is 0 Å². The third-order valence-corrected chi connectivity index (χ3v) is 3.77. The molecular formula is C11H18O. The minimum Gasteiger partial charge on any atom is -0.389 e. The molecular weight excluding hydrogens is 148 g/mol. The highest BCUT2D eigenvalue weighted by Gasteiger charge is 2.43. The number of aliphatic hydroxyl groups is 1. The lowest BCUT2D eigenvalue weighted by atomic mass is 9.75. The van der Waals surface area contributed by atoms with Gasteiger partial charge in [-0.2, -0.15) is 0 Å². The highest BCUT2D eigenvalue weighted by molar-refractivity contribution is 5.20. The quantitative estimate of drug-likeness (QED) is 0.548. The minimum atomic E-state index is -0.316. The second-order valence-electron chi connectivity index (χ2n) is 4.63. The summed E-state index contributed by atoms with van der Waals surface area (Å²) in [5.41, 5.74) is 2.63. The van der Waals surface area contributed by atoms with E-state index in [1.165, 1.54) is 24.0 Å². The second kappa shape index (κ2) is 2.59. The summed E-state index contributed by atoms with van der Waals surface area (Å²) in [6, 6.07) is 0. The third-order valence-electron chi connectivity index (χ3n) is 3.77. The van der Waals surface area contributed by atoms with Gasteiger partial charge in [-0.15, -0.1) is 0 Å². The largest absolute Gasteiger partial charge is 0.389 e. The molecule has 1 N–H and O–H groups in total. The van der Waals surface area contributed by atoms with Crippen LogP contribution in [-0.2, 0) is 0 Å². The zero-order chi connectivity index (χ0) is 8.77. The van der Waals surface area contributed by atoms with Crippen molar-refractivity contribution in [2.45, 2.75) is 51.6 Å². The van der Waals surface area contributed by atoms with E-state index in [1.807, 2.05) is 0 Å². The third kappa shape index (κ3) is 1.11. The van der Waals surface area contributed by atoms with Crippen molar-refractivity contribution >= 4 is 0 Å². The molecule has 0 spiro atoms. The average Bonchev–Trinajstić information content (AvgIpc) is 2.32. The molecule has 2 rings (SSSR count).